The Labute approximate surface area is 106 Å². The van der Waals surface area contributed by atoms with Gasteiger partial charge in [0.1, 0.15) is 0 Å². The molecule has 1 aliphatic rings. The van der Waals surface area contributed by atoms with Gasteiger partial charge in [0.2, 0.25) is 0 Å². The fourth-order valence-electron chi connectivity index (χ4n) is 1.78. The zero-order valence-corrected chi connectivity index (χ0v) is 10.5. The highest BCUT2D eigenvalue weighted by Gasteiger charge is 2.06. The molecule has 16 heavy (non-hydrogen) atoms. The standard InChI is InChI=1S/C12H14Cl2N2/c13-11-7-6-10(8-12(11)14)16-15-9-4-2-1-3-5-9/h6-8,16H,1-5H2. The molecule has 1 aromatic rings. The van der Waals surface area contributed by atoms with Gasteiger partial charge in [-0.05, 0) is 43.9 Å². The predicted octanol–water partition coefficient (Wildman–Crippen LogP) is 4.73. The Bertz CT molecular complexity index is 394. The Hall–Kier alpha value is -0.730. The fraction of sp³-hybridized carbons (Fsp3) is 0.417. The van der Waals surface area contributed by atoms with E-state index in [1.165, 1.54) is 25.0 Å². The molecule has 0 atom stereocenters. The Morgan fingerprint density at radius 2 is 1.75 bits per heavy atom. The number of nitrogens with zero attached hydrogens (tertiary/aromatic N) is 1. The fourth-order valence-corrected chi connectivity index (χ4v) is 2.08. The van der Waals surface area contributed by atoms with Gasteiger partial charge in [-0.3, -0.25) is 5.43 Å². The molecular weight excluding hydrogens is 243 g/mol. The summed E-state index contributed by atoms with van der Waals surface area (Å²) >= 11 is 11.7. The van der Waals surface area contributed by atoms with Crippen molar-refractivity contribution in [1.82, 2.24) is 0 Å². The van der Waals surface area contributed by atoms with E-state index in [2.05, 4.69) is 10.5 Å². The number of hydrazone groups is 1. The maximum absolute atomic E-state index is 5.91. The van der Waals surface area contributed by atoms with Gasteiger partial charge in [-0.25, -0.2) is 0 Å². The SMILES string of the molecule is Clc1ccc(NN=C2CCCCC2)cc1Cl. The third-order valence-electron chi connectivity index (χ3n) is 2.69. The van der Waals surface area contributed by atoms with Crippen molar-refractivity contribution < 1.29 is 0 Å². The first-order valence-corrected chi connectivity index (χ1v) is 6.28. The topological polar surface area (TPSA) is 24.4 Å². The lowest BCUT2D eigenvalue weighted by Crippen LogP contribution is -2.07. The maximum Gasteiger partial charge on any atom is 0.0613 e. The van der Waals surface area contributed by atoms with Gasteiger partial charge in [0.15, 0.2) is 0 Å². The van der Waals surface area contributed by atoms with Crippen LogP contribution in [0, 0.1) is 0 Å². The van der Waals surface area contributed by atoms with Crippen molar-refractivity contribution in [3.63, 3.8) is 0 Å². The van der Waals surface area contributed by atoms with Crippen LogP contribution < -0.4 is 5.43 Å². The second-order valence-electron chi connectivity index (χ2n) is 3.98. The van der Waals surface area contributed by atoms with Crippen LogP contribution in [0.15, 0.2) is 23.3 Å². The van der Waals surface area contributed by atoms with E-state index in [-0.39, 0.29) is 0 Å². The number of hydrogen-bond donors (Lipinski definition) is 1. The smallest absolute Gasteiger partial charge is 0.0613 e. The van der Waals surface area contributed by atoms with Crippen molar-refractivity contribution in [2.75, 3.05) is 5.43 Å². The summed E-state index contributed by atoms with van der Waals surface area (Å²) in [5.74, 6) is 0. The summed E-state index contributed by atoms with van der Waals surface area (Å²) in [5, 5.41) is 5.51. The third kappa shape index (κ3) is 3.13. The van der Waals surface area contributed by atoms with Gasteiger partial charge in [0.25, 0.3) is 0 Å². The highest BCUT2D eigenvalue weighted by molar-refractivity contribution is 6.42. The number of anilines is 1. The van der Waals surface area contributed by atoms with Gasteiger partial charge in [-0.15, -0.1) is 0 Å². The molecule has 2 rings (SSSR count). The monoisotopic (exact) mass is 256 g/mol. The summed E-state index contributed by atoms with van der Waals surface area (Å²) in [5.41, 5.74) is 5.16. The Morgan fingerprint density at radius 1 is 1.00 bits per heavy atom. The number of halogens is 2. The molecule has 0 aliphatic heterocycles. The lowest BCUT2D eigenvalue weighted by Gasteiger charge is -2.12. The number of nitrogens with one attached hydrogen (secondary N) is 1. The van der Waals surface area contributed by atoms with Gasteiger partial charge in [0, 0.05) is 5.71 Å². The first-order valence-electron chi connectivity index (χ1n) is 5.52. The van der Waals surface area contributed by atoms with E-state index < -0.39 is 0 Å². The number of hydrogen-bond acceptors (Lipinski definition) is 2. The number of rotatable bonds is 2. The summed E-state index contributed by atoms with van der Waals surface area (Å²) in [6.45, 7) is 0. The molecule has 0 saturated heterocycles. The van der Waals surface area contributed by atoms with Crippen LogP contribution in [0.3, 0.4) is 0 Å². The molecule has 1 N–H and O–H groups in total. The first-order chi connectivity index (χ1) is 7.75. The molecule has 0 radical (unpaired) electrons. The van der Waals surface area contributed by atoms with E-state index in [0.717, 1.165) is 18.5 Å². The average molecular weight is 257 g/mol. The minimum absolute atomic E-state index is 0.551. The van der Waals surface area contributed by atoms with E-state index in [4.69, 9.17) is 23.2 Å². The van der Waals surface area contributed by atoms with E-state index >= 15 is 0 Å². The summed E-state index contributed by atoms with van der Waals surface area (Å²) in [6, 6.07) is 5.44. The van der Waals surface area contributed by atoms with Crippen molar-refractivity contribution in [1.29, 1.82) is 0 Å². The first kappa shape index (κ1) is 11.7. The highest BCUT2D eigenvalue weighted by atomic mass is 35.5. The summed E-state index contributed by atoms with van der Waals surface area (Å²) in [4.78, 5) is 0. The lowest BCUT2D eigenvalue weighted by atomic mass is 9.99. The van der Waals surface area contributed by atoms with Crippen LogP contribution in [0.5, 0.6) is 0 Å². The quantitative estimate of drug-likeness (QED) is 0.761. The molecule has 0 amide bonds. The van der Waals surface area contributed by atoms with Crippen molar-refractivity contribution in [2.45, 2.75) is 32.1 Å². The Kier molecular flexibility index (Phi) is 4.08. The Morgan fingerprint density at radius 3 is 2.44 bits per heavy atom. The van der Waals surface area contributed by atoms with Gasteiger partial charge >= 0.3 is 0 Å². The third-order valence-corrected chi connectivity index (χ3v) is 3.43. The molecular formula is C12H14Cl2N2. The normalized spacial score (nSPS) is 16.0. The highest BCUT2D eigenvalue weighted by Crippen LogP contribution is 2.25. The second-order valence-corrected chi connectivity index (χ2v) is 4.79. The van der Waals surface area contributed by atoms with Crippen LogP contribution in [0.4, 0.5) is 5.69 Å². The van der Waals surface area contributed by atoms with E-state index in [1.807, 2.05) is 6.07 Å². The number of benzene rings is 1. The zero-order chi connectivity index (χ0) is 11.4. The molecule has 4 heteroatoms. The molecule has 0 spiro atoms. The molecule has 1 aromatic carbocycles. The second kappa shape index (κ2) is 5.55. The molecule has 1 aliphatic carbocycles. The van der Waals surface area contributed by atoms with Crippen LogP contribution in [0.2, 0.25) is 10.0 Å². The van der Waals surface area contributed by atoms with Gasteiger partial charge in [0.05, 0.1) is 15.7 Å². The predicted molar refractivity (Wildman–Crippen MR) is 70.6 cm³/mol. The van der Waals surface area contributed by atoms with E-state index in [0.29, 0.717) is 10.0 Å². The lowest BCUT2D eigenvalue weighted by molar-refractivity contribution is 0.665. The van der Waals surface area contributed by atoms with Crippen molar-refractivity contribution >= 4 is 34.6 Å². The van der Waals surface area contributed by atoms with Crippen LogP contribution in [-0.2, 0) is 0 Å². The van der Waals surface area contributed by atoms with E-state index in [1.54, 1.807) is 12.1 Å². The Balaban J connectivity index is 2.00. The minimum atomic E-state index is 0.551. The molecule has 0 heterocycles. The summed E-state index contributed by atoms with van der Waals surface area (Å²) in [6.07, 6.45) is 6.04. The zero-order valence-electron chi connectivity index (χ0n) is 8.97. The van der Waals surface area contributed by atoms with Crippen LogP contribution in [-0.4, -0.2) is 5.71 Å². The maximum atomic E-state index is 5.91. The van der Waals surface area contributed by atoms with Crippen LogP contribution in [0.1, 0.15) is 32.1 Å². The van der Waals surface area contributed by atoms with Gasteiger partial charge in [-0.2, -0.15) is 5.10 Å². The molecule has 2 nitrogen and oxygen atoms in total. The molecule has 1 fully saturated rings. The minimum Gasteiger partial charge on any atom is -0.279 e. The molecule has 0 aromatic heterocycles. The van der Waals surface area contributed by atoms with Crippen molar-refractivity contribution in [2.24, 2.45) is 5.10 Å². The molecule has 1 saturated carbocycles. The van der Waals surface area contributed by atoms with Gasteiger partial charge in [-0.1, -0.05) is 29.6 Å². The summed E-state index contributed by atoms with van der Waals surface area (Å²) < 4.78 is 0. The molecule has 0 unspecified atom stereocenters. The average Bonchev–Trinajstić information content (AvgIpc) is 2.32. The van der Waals surface area contributed by atoms with Gasteiger partial charge < -0.3 is 0 Å². The largest absolute Gasteiger partial charge is 0.279 e. The molecule has 86 valence electrons. The van der Waals surface area contributed by atoms with E-state index in [9.17, 15) is 0 Å². The van der Waals surface area contributed by atoms with Crippen molar-refractivity contribution in [3.8, 4) is 0 Å². The molecule has 0 bridgehead atoms. The summed E-state index contributed by atoms with van der Waals surface area (Å²) in [7, 11) is 0. The van der Waals surface area contributed by atoms with Crippen molar-refractivity contribution in [3.05, 3.63) is 28.2 Å². The van der Waals surface area contributed by atoms with Crippen LogP contribution in [0.25, 0.3) is 0 Å². The van der Waals surface area contributed by atoms with Crippen LogP contribution >= 0.6 is 23.2 Å².